The van der Waals surface area contributed by atoms with Gasteiger partial charge in [-0.05, 0) is 56.2 Å². The number of hydrogen-bond donors (Lipinski definition) is 2. The number of carbonyl (C=O) groups is 2. The van der Waals surface area contributed by atoms with Crippen LogP contribution < -0.4 is 5.32 Å². The minimum absolute atomic E-state index is 0.0174. The summed E-state index contributed by atoms with van der Waals surface area (Å²) in [7, 11) is 0. The van der Waals surface area contributed by atoms with Gasteiger partial charge in [-0.1, -0.05) is 34.9 Å². The van der Waals surface area contributed by atoms with Crippen LogP contribution in [-0.4, -0.2) is 17.0 Å². The maximum Gasteiger partial charge on any atom is 0.307 e. The van der Waals surface area contributed by atoms with Crippen molar-refractivity contribution in [2.24, 2.45) is 23.7 Å². The lowest BCUT2D eigenvalue weighted by molar-refractivity contribution is -0.149. The van der Waals surface area contributed by atoms with E-state index in [1.54, 1.807) is 12.1 Å². The van der Waals surface area contributed by atoms with Crippen molar-refractivity contribution in [1.82, 2.24) is 5.32 Å². The Morgan fingerprint density at radius 3 is 2.25 bits per heavy atom. The van der Waals surface area contributed by atoms with E-state index in [4.69, 9.17) is 11.6 Å². The van der Waals surface area contributed by atoms with Gasteiger partial charge in [-0.15, -0.1) is 0 Å². The number of carbonyl (C=O) groups excluding carboxylic acids is 1. The van der Waals surface area contributed by atoms with Gasteiger partial charge in [0.1, 0.15) is 0 Å². The summed E-state index contributed by atoms with van der Waals surface area (Å²) in [5.74, 6) is -1.97. The Kier molecular flexibility index (Phi) is 4.68. The zero-order valence-electron chi connectivity index (χ0n) is 13.9. The Labute approximate surface area is 146 Å². The van der Waals surface area contributed by atoms with E-state index in [1.165, 1.54) is 11.1 Å². The summed E-state index contributed by atoms with van der Waals surface area (Å²) >= 11 is 5.86. The predicted octanol–water partition coefficient (Wildman–Crippen LogP) is 3.65. The van der Waals surface area contributed by atoms with Gasteiger partial charge in [0.2, 0.25) is 5.91 Å². The molecule has 0 spiro atoms. The molecule has 0 saturated heterocycles. The Hall–Kier alpha value is -1.81. The fourth-order valence-electron chi connectivity index (χ4n) is 4.51. The highest BCUT2D eigenvalue weighted by atomic mass is 35.5. The second kappa shape index (κ2) is 6.60. The van der Waals surface area contributed by atoms with Crippen LogP contribution in [0.1, 0.15) is 32.3 Å². The average molecular weight is 348 g/mol. The first-order valence-corrected chi connectivity index (χ1v) is 8.70. The van der Waals surface area contributed by atoms with E-state index in [9.17, 15) is 14.7 Å². The first-order chi connectivity index (χ1) is 11.4. The van der Waals surface area contributed by atoms with Crippen molar-refractivity contribution in [3.05, 3.63) is 46.0 Å². The number of hydrogen-bond acceptors (Lipinski definition) is 2. The van der Waals surface area contributed by atoms with E-state index in [2.05, 4.69) is 5.32 Å². The Bertz CT molecular complexity index is 691. The van der Waals surface area contributed by atoms with Crippen LogP contribution in [0.25, 0.3) is 0 Å². The van der Waals surface area contributed by atoms with Crippen molar-refractivity contribution in [2.75, 3.05) is 0 Å². The predicted molar refractivity (Wildman–Crippen MR) is 92.5 cm³/mol. The molecule has 1 amide bonds. The Morgan fingerprint density at radius 1 is 1.12 bits per heavy atom. The maximum atomic E-state index is 12.7. The number of aliphatic carboxylic acids is 1. The Balaban J connectivity index is 1.77. The minimum Gasteiger partial charge on any atom is -0.481 e. The van der Waals surface area contributed by atoms with E-state index >= 15 is 0 Å². The van der Waals surface area contributed by atoms with Crippen molar-refractivity contribution in [3.63, 3.8) is 0 Å². The number of benzene rings is 1. The molecule has 1 aromatic carbocycles. The van der Waals surface area contributed by atoms with Crippen LogP contribution in [0, 0.1) is 23.7 Å². The zero-order chi connectivity index (χ0) is 17.4. The fraction of sp³-hybridized carbons (Fsp3) is 0.474. The molecule has 0 aliphatic heterocycles. The molecule has 0 aromatic heterocycles. The molecule has 2 aliphatic rings. The monoisotopic (exact) mass is 347 g/mol. The number of carboxylic acid groups (broad SMARTS) is 1. The molecule has 5 heteroatoms. The van der Waals surface area contributed by atoms with E-state index in [1.807, 2.05) is 26.0 Å². The summed E-state index contributed by atoms with van der Waals surface area (Å²) in [6.07, 6.45) is 1.79. The standard InChI is InChI=1S/C19H22ClNO3/c1-10(2)15-13-7-8-14(15)17(19(23)24)16(13)18(22)21-9-11-3-5-12(20)6-4-11/h3-6,13-14,16-17H,7-9H2,1-2H3,(H,21,22)(H,23,24)/t13-,14+,16-,17+/m1/s1. The summed E-state index contributed by atoms with van der Waals surface area (Å²) in [6, 6.07) is 7.28. The lowest BCUT2D eigenvalue weighted by Crippen LogP contribution is -2.41. The van der Waals surface area contributed by atoms with Gasteiger partial charge in [-0.3, -0.25) is 9.59 Å². The van der Waals surface area contributed by atoms with Crippen LogP contribution in [0.15, 0.2) is 35.4 Å². The third-order valence-corrected chi connectivity index (χ3v) is 5.64. The maximum absolute atomic E-state index is 12.7. The summed E-state index contributed by atoms with van der Waals surface area (Å²) < 4.78 is 0. The molecule has 4 nitrogen and oxygen atoms in total. The number of amides is 1. The SMILES string of the molecule is CC(C)=C1[C@H]2CC[C@@H]1[C@H](C(=O)O)[C@@H]2C(=O)NCc1ccc(Cl)cc1. The quantitative estimate of drug-likeness (QED) is 0.817. The molecule has 0 heterocycles. The normalized spacial score (nSPS) is 28.0. The highest BCUT2D eigenvalue weighted by Crippen LogP contribution is 2.57. The van der Waals surface area contributed by atoms with Crippen LogP contribution in [0.3, 0.4) is 0 Å². The van der Waals surface area contributed by atoms with E-state index in [0.717, 1.165) is 18.4 Å². The molecule has 2 aliphatic carbocycles. The molecule has 0 unspecified atom stereocenters. The van der Waals surface area contributed by atoms with Gasteiger partial charge in [-0.2, -0.15) is 0 Å². The smallest absolute Gasteiger partial charge is 0.307 e. The van der Waals surface area contributed by atoms with Gasteiger partial charge < -0.3 is 10.4 Å². The van der Waals surface area contributed by atoms with Crippen LogP contribution in [0.2, 0.25) is 5.02 Å². The van der Waals surface area contributed by atoms with Crippen LogP contribution in [-0.2, 0) is 16.1 Å². The number of carboxylic acids is 1. The molecule has 2 fully saturated rings. The summed E-state index contributed by atoms with van der Waals surface area (Å²) in [6.45, 7) is 4.43. The lowest BCUT2D eigenvalue weighted by Gasteiger charge is -2.26. The molecule has 128 valence electrons. The lowest BCUT2D eigenvalue weighted by atomic mass is 9.78. The van der Waals surface area contributed by atoms with E-state index in [-0.39, 0.29) is 17.7 Å². The van der Waals surface area contributed by atoms with Gasteiger partial charge in [0.25, 0.3) is 0 Å². The molecule has 1 aromatic rings. The van der Waals surface area contributed by atoms with Gasteiger partial charge >= 0.3 is 5.97 Å². The molecule has 3 rings (SSSR count). The first-order valence-electron chi connectivity index (χ1n) is 8.32. The van der Waals surface area contributed by atoms with Crippen molar-refractivity contribution >= 4 is 23.5 Å². The largest absolute Gasteiger partial charge is 0.481 e. The third-order valence-electron chi connectivity index (χ3n) is 5.39. The molecule has 2 N–H and O–H groups in total. The highest BCUT2D eigenvalue weighted by molar-refractivity contribution is 6.30. The summed E-state index contributed by atoms with van der Waals surface area (Å²) in [5, 5.41) is 13.2. The van der Waals surface area contributed by atoms with Gasteiger partial charge in [0, 0.05) is 11.6 Å². The Morgan fingerprint density at radius 2 is 1.71 bits per heavy atom. The molecule has 24 heavy (non-hydrogen) atoms. The summed E-state index contributed by atoms with van der Waals surface area (Å²) in [4.78, 5) is 24.5. The van der Waals surface area contributed by atoms with Crippen molar-refractivity contribution in [3.8, 4) is 0 Å². The van der Waals surface area contributed by atoms with Gasteiger partial charge in [0.05, 0.1) is 11.8 Å². The molecule has 2 bridgehead atoms. The fourth-order valence-corrected chi connectivity index (χ4v) is 4.64. The second-order valence-electron chi connectivity index (χ2n) is 6.98. The molecular weight excluding hydrogens is 326 g/mol. The van der Waals surface area contributed by atoms with Crippen LogP contribution >= 0.6 is 11.6 Å². The van der Waals surface area contributed by atoms with Crippen molar-refractivity contribution < 1.29 is 14.7 Å². The average Bonchev–Trinajstić information content (AvgIpc) is 3.10. The number of allylic oxidation sites excluding steroid dienone is 2. The molecular formula is C19H22ClNO3. The van der Waals surface area contributed by atoms with Gasteiger partial charge in [-0.25, -0.2) is 0 Å². The zero-order valence-corrected chi connectivity index (χ0v) is 14.6. The topological polar surface area (TPSA) is 66.4 Å². The number of fused-ring (bicyclic) bond motifs is 2. The third kappa shape index (κ3) is 2.95. The van der Waals surface area contributed by atoms with E-state index in [0.29, 0.717) is 11.6 Å². The number of halogens is 1. The highest BCUT2D eigenvalue weighted by Gasteiger charge is 2.57. The number of rotatable bonds is 4. The molecule has 4 atom stereocenters. The van der Waals surface area contributed by atoms with Crippen molar-refractivity contribution in [1.29, 1.82) is 0 Å². The number of nitrogens with one attached hydrogen (secondary N) is 1. The molecule has 2 saturated carbocycles. The van der Waals surface area contributed by atoms with Crippen LogP contribution in [0.4, 0.5) is 0 Å². The minimum atomic E-state index is -0.854. The first kappa shape index (κ1) is 17.0. The summed E-state index contributed by atoms with van der Waals surface area (Å²) in [5.41, 5.74) is 3.32. The molecule has 0 radical (unpaired) electrons. The second-order valence-corrected chi connectivity index (χ2v) is 7.42. The van der Waals surface area contributed by atoms with E-state index < -0.39 is 17.8 Å². The van der Waals surface area contributed by atoms with Crippen LogP contribution in [0.5, 0.6) is 0 Å². The van der Waals surface area contributed by atoms with Gasteiger partial charge in [0.15, 0.2) is 0 Å². The van der Waals surface area contributed by atoms with Crippen molar-refractivity contribution in [2.45, 2.75) is 33.2 Å².